The summed E-state index contributed by atoms with van der Waals surface area (Å²) in [5, 5.41) is 11.6. The lowest BCUT2D eigenvalue weighted by atomic mass is 10.2. The number of nitrogens with one attached hydrogen (secondary N) is 1. The predicted octanol–water partition coefficient (Wildman–Crippen LogP) is 3.57. The topological polar surface area (TPSA) is 67.7 Å². The number of hydrogen-bond donors (Lipinski definition) is 1. The van der Waals surface area contributed by atoms with Crippen molar-refractivity contribution in [3.63, 3.8) is 0 Å². The summed E-state index contributed by atoms with van der Waals surface area (Å²) in [6.45, 7) is 0. The lowest BCUT2D eigenvalue weighted by Crippen LogP contribution is -2.08. The van der Waals surface area contributed by atoms with Gasteiger partial charge in [-0.3, -0.25) is 0 Å². The van der Waals surface area contributed by atoms with Crippen LogP contribution in [0.4, 0.5) is 5.69 Å². The van der Waals surface area contributed by atoms with Gasteiger partial charge >= 0.3 is 0 Å². The Morgan fingerprint density at radius 1 is 1.11 bits per heavy atom. The minimum absolute atomic E-state index is 0.403. The van der Waals surface area contributed by atoms with Gasteiger partial charge in [0.15, 0.2) is 17.3 Å². The van der Waals surface area contributed by atoms with Gasteiger partial charge in [-0.05, 0) is 48.6 Å². The zero-order valence-corrected chi connectivity index (χ0v) is 16.4. The summed E-state index contributed by atoms with van der Waals surface area (Å²) in [5.41, 5.74) is 2.78. The van der Waals surface area contributed by atoms with Crippen molar-refractivity contribution in [2.45, 2.75) is 0 Å². The van der Waals surface area contributed by atoms with Crippen molar-refractivity contribution in [1.29, 1.82) is 0 Å². The van der Waals surface area contributed by atoms with Gasteiger partial charge in [-0.1, -0.05) is 6.07 Å². The molecule has 0 unspecified atom stereocenters. The first kappa shape index (κ1) is 18.7. The summed E-state index contributed by atoms with van der Waals surface area (Å²) in [5.74, 6) is 1.87. The standard InChI is InChI=1S/C19H21N5O2S/c1-23(2)15-10-8-13(9-11-15)18-21-22-19(27)24(18)20-12-14-6-5-7-16(25-3)17(14)26-4/h5-12H,1-4H3,(H,22,27)/b20-12+. The molecule has 0 saturated heterocycles. The molecule has 0 bridgehead atoms. The van der Waals surface area contributed by atoms with E-state index < -0.39 is 0 Å². The lowest BCUT2D eigenvalue weighted by Gasteiger charge is -2.12. The quantitative estimate of drug-likeness (QED) is 0.521. The minimum Gasteiger partial charge on any atom is -0.493 e. The number of anilines is 1. The van der Waals surface area contributed by atoms with Crippen molar-refractivity contribution >= 4 is 24.1 Å². The molecular weight excluding hydrogens is 362 g/mol. The smallest absolute Gasteiger partial charge is 0.216 e. The fourth-order valence-electron chi connectivity index (χ4n) is 2.63. The van der Waals surface area contributed by atoms with Crippen LogP contribution >= 0.6 is 12.2 Å². The molecule has 0 aliphatic heterocycles. The van der Waals surface area contributed by atoms with Crippen molar-refractivity contribution in [1.82, 2.24) is 14.9 Å². The van der Waals surface area contributed by atoms with Crippen molar-refractivity contribution in [3.8, 4) is 22.9 Å². The summed E-state index contributed by atoms with van der Waals surface area (Å²) in [7, 11) is 7.19. The van der Waals surface area contributed by atoms with Crippen molar-refractivity contribution in [2.24, 2.45) is 5.10 Å². The maximum absolute atomic E-state index is 5.44. The molecule has 0 spiro atoms. The zero-order chi connectivity index (χ0) is 19.4. The Balaban J connectivity index is 1.99. The van der Waals surface area contributed by atoms with Crippen LogP contribution in [-0.2, 0) is 0 Å². The third-order valence-corrected chi connectivity index (χ3v) is 4.30. The minimum atomic E-state index is 0.403. The number of hydrogen-bond acceptors (Lipinski definition) is 6. The van der Waals surface area contributed by atoms with Gasteiger partial charge in [-0.2, -0.15) is 14.9 Å². The van der Waals surface area contributed by atoms with Crippen LogP contribution in [0.3, 0.4) is 0 Å². The molecule has 3 aromatic rings. The average molecular weight is 383 g/mol. The highest BCUT2D eigenvalue weighted by molar-refractivity contribution is 7.71. The number of aromatic amines is 1. The molecule has 3 rings (SSSR count). The molecule has 2 aromatic carbocycles. The van der Waals surface area contributed by atoms with E-state index in [0.717, 1.165) is 16.8 Å². The molecule has 7 nitrogen and oxygen atoms in total. The fraction of sp³-hybridized carbons (Fsp3) is 0.211. The van der Waals surface area contributed by atoms with Gasteiger partial charge in [0.2, 0.25) is 4.77 Å². The Morgan fingerprint density at radius 3 is 2.48 bits per heavy atom. The van der Waals surface area contributed by atoms with Crippen LogP contribution in [0.1, 0.15) is 5.56 Å². The molecule has 0 saturated carbocycles. The predicted molar refractivity (Wildman–Crippen MR) is 110 cm³/mol. The number of para-hydroxylation sites is 1. The first-order valence-corrected chi connectivity index (χ1v) is 8.66. The number of aromatic nitrogens is 3. The Hall–Kier alpha value is -3.13. The first-order chi connectivity index (χ1) is 13.0. The summed E-state index contributed by atoms with van der Waals surface area (Å²) < 4.78 is 12.7. The highest BCUT2D eigenvalue weighted by atomic mass is 32.1. The van der Waals surface area contributed by atoms with E-state index in [2.05, 4.69) is 15.3 Å². The van der Waals surface area contributed by atoms with Gasteiger partial charge in [-0.15, -0.1) is 0 Å². The Labute approximate surface area is 162 Å². The van der Waals surface area contributed by atoms with E-state index in [9.17, 15) is 0 Å². The molecular formula is C19H21N5O2S. The average Bonchev–Trinajstić information content (AvgIpc) is 3.06. The summed E-state index contributed by atoms with van der Waals surface area (Å²) >= 11 is 5.33. The molecule has 27 heavy (non-hydrogen) atoms. The summed E-state index contributed by atoms with van der Waals surface area (Å²) in [4.78, 5) is 2.04. The number of methoxy groups -OCH3 is 2. The molecule has 0 fully saturated rings. The molecule has 0 aliphatic rings. The van der Waals surface area contributed by atoms with E-state index in [1.54, 1.807) is 25.1 Å². The van der Waals surface area contributed by atoms with Gasteiger partial charge in [-0.25, -0.2) is 5.10 Å². The molecule has 1 N–H and O–H groups in total. The van der Waals surface area contributed by atoms with Crippen molar-refractivity contribution in [2.75, 3.05) is 33.2 Å². The van der Waals surface area contributed by atoms with E-state index >= 15 is 0 Å². The Morgan fingerprint density at radius 2 is 1.85 bits per heavy atom. The number of benzene rings is 2. The van der Waals surface area contributed by atoms with Gasteiger partial charge in [0.05, 0.1) is 20.4 Å². The number of nitrogens with zero attached hydrogens (tertiary/aromatic N) is 4. The number of rotatable bonds is 6. The van der Waals surface area contributed by atoms with E-state index in [0.29, 0.717) is 22.1 Å². The normalized spacial score (nSPS) is 11.0. The maximum atomic E-state index is 5.44. The lowest BCUT2D eigenvalue weighted by molar-refractivity contribution is 0.354. The number of ether oxygens (including phenoxy) is 2. The Bertz CT molecular complexity index is 1010. The van der Waals surface area contributed by atoms with Crippen LogP contribution in [0.15, 0.2) is 47.6 Å². The molecule has 1 aromatic heterocycles. The van der Waals surface area contributed by atoms with Crippen LogP contribution in [0.5, 0.6) is 11.5 Å². The van der Waals surface area contributed by atoms with Crippen LogP contribution in [-0.4, -0.2) is 49.4 Å². The van der Waals surface area contributed by atoms with Crippen LogP contribution in [0.25, 0.3) is 11.4 Å². The van der Waals surface area contributed by atoms with E-state index in [1.165, 1.54) is 0 Å². The highest BCUT2D eigenvalue weighted by Gasteiger charge is 2.10. The second kappa shape index (κ2) is 8.05. The molecule has 1 heterocycles. The zero-order valence-electron chi connectivity index (χ0n) is 15.6. The van der Waals surface area contributed by atoms with Crippen molar-refractivity contribution in [3.05, 3.63) is 52.8 Å². The molecule has 0 radical (unpaired) electrons. The summed E-state index contributed by atoms with van der Waals surface area (Å²) in [6, 6.07) is 13.6. The van der Waals surface area contributed by atoms with E-state index in [-0.39, 0.29) is 0 Å². The fourth-order valence-corrected chi connectivity index (χ4v) is 2.81. The first-order valence-electron chi connectivity index (χ1n) is 8.25. The highest BCUT2D eigenvalue weighted by Crippen LogP contribution is 2.29. The second-order valence-corrected chi connectivity index (χ2v) is 6.32. The molecule has 140 valence electrons. The monoisotopic (exact) mass is 383 g/mol. The van der Waals surface area contributed by atoms with Crippen LogP contribution in [0, 0.1) is 4.77 Å². The van der Waals surface area contributed by atoms with Crippen LogP contribution in [0.2, 0.25) is 0 Å². The van der Waals surface area contributed by atoms with Crippen molar-refractivity contribution < 1.29 is 9.47 Å². The molecule has 0 amide bonds. The van der Waals surface area contributed by atoms with E-state index in [4.69, 9.17) is 21.7 Å². The molecule has 8 heteroatoms. The molecule has 0 aliphatic carbocycles. The second-order valence-electron chi connectivity index (χ2n) is 5.93. The maximum Gasteiger partial charge on any atom is 0.216 e. The summed E-state index contributed by atoms with van der Waals surface area (Å²) in [6.07, 6.45) is 1.67. The third kappa shape index (κ3) is 3.85. The van der Waals surface area contributed by atoms with Gasteiger partial charge in [0.1, 0.15) is 0 Å². The number of H-pyrrole nitrogens is 1. The van der Waals surface area contributed by atoms with Gasteiger partial charge < -0.3 is 14.4 Å². The molecule has 0 atom stereocenters. The van der Waals surface area contributed by atoms with Gasteiger partial charge in [0, 0.05) is 30.9 Å². The Kier molecular flexibility index (Phi) is 5.56. The third-order valence-electron chi connectivity index (χ3n) is 4.04. The largest absolute Gasteiger partial charge is 0.493 e. The van der Waals surface area contributed by atoms with E-state index in [1.807, 2.05) is 61.5 Å². The SMILES string of the molecule is COc1cccc(/C=N/n2c(-c3ccc(N(C)C)cc3)n[nH]c2=S)c1OC. The van der Waals surface area contributed by atoms with Gasteiger partial charge in [0.25, 0.3) is 0 Å². The van der Waals surface area contributed by atoms with Crippen LogP contribution < -0.4 is 14.4 Å².